The van der Waals surface area contributed by atoms with Crippen molar-refractivity contribution in [2.45, 2.75) is 51.0 Å². The van der Waals surface area contributed by atoms with Crippen molar-refractivity contribution in [3.8, 4) is 0 Å². The van der Waals surface area contributed by atoms with Gasteiger partial charge in [0, 0.05) is 20.2 Å². The number of aliphatic hydroxyl groups is 2. The predicted molar refractivity (Wildman–Crippen MR) is 81.3 cm³/mol. The molecule has 1 saturated heterocycles. The Morgan fingerprint density at radius 1 is 1.50 bits per heavy atom. The summed E-state index contributed by atoms with van der Waals surface area (Å²) in [5.74, 6) is -1.01. The van der Waals surface area contributed by atoms with Gasteiger partial charge in [-0.1, -0.05) is 19.9 Å². The number of nitrogens with zero attached hydrogens (tertiary/aromatic N) is 1. The number of carbonyl (C=O) groups is 1. The Morgan fingerprint density at radius 2 is 2.18 bits per heavy atom. The van der Waals surface area contributed by atoms with Crippen molar-refractivity contribution in [3.05, 3.63) is 11.6 Å². The van der Waals surface area contributed by atoms with Gasteiger partial charge in [-0.15, -0.1) is 0 Å². The zero-order chi connectivity index (χ0) is 16.5. The van der Waals surface area contributed by atoms with Crippen LogP contribution in [-0.2, 0) is 14.3 Å². The zero-order valence-electron chi connectivity index (χ0n) is 13.8. The van der Waals surface area contributed by atoms with E-state index in [1.165, 1.54) is 7.11 Å². The number of hydrogen-bond acceptors (Lipinski definition) is 6. The molecule has 0 bridgehead atoms. The molecule has 126 valence electrons. The molecule has 0 aromatic heterocycles. The number of hydrogen-bond donors (Lipinski definition) is 2. The molecule has 2 rings (SSSR count). The maximum Gasteiger partial charge on any atom is 0.341 e. The number of ether oxygens (including phenoxy) is 2. The quantitative estimate of drug-likeness (QED) is 0.543. The van der Waals surface area contributed by atoms with Gasteiger partial charge >= 0.3 is 5.97 Å². The van der Waals surface area contributed by atoms with Crippen LogP contribution in [0.3, 0.4) is 0 Å². The van der Waals surface area contributed by atoms with Crippen molar-refractivity contribution in [3.63, 3.8) is 0 Å². The molecule has 2 aliphatic rings. The highest BCUT2D eigenvalue weighted by molar-refractivity contribution is 5.80. The fraction of sp³-hybridized carbons (Fsp3) is 0.812. The van der Waals surface area contributed by atoms with Crippen LogP contribution in [-0.4, -0.2) is 71.7 Å². The van der Waals surface area contributed by atoms with Gasteiger partial charge in [0.2, 0.25) is 0 Å². The van der Waals surface area contributed by atoms with Crippen LogP contribution >= 0.6 is 0 Å². The molecule has 0 unspecified atom stereocenters. The molecule has 1 fully saturated rings. The summed E-state index contributed by atoms with van der Waals surface area (Å²) in [7, 11) is 1.46. The van der Waals surface area contributed by atoms with Crippen molar-refractivity contribution in [2.24, 2.45) is 5.92 Å². The van der Waals surface area contributed by atoms with Crippen LogP contribution in [0.25, 0.3) is 0 Å². The molecule has 2 N–H and O–H groups in total. The van der Waals surface area contributed by atoms with Gasteiger partial charge in [-0.25, -0.2) is 4.79 Å². The largest absolute Gasteiger partial charge is 0.459 e. The number of fused-ring (bicyclic) bond motifs is 1. The van der Waals surface area contributed by atoms with Gasteiger partial charge in [0.15, 0.2) is 5.60 Å². The summed E-state index contributed by atoms with van der Waals surface area (Å²) in [4.78, 5) is 14.5. The summed E-state index contributed by atoms with van der Waals surface area (Å²) < 4.78 is 10.5. The van der Waals surface area contributed by atoms with E-state index < -0.39 is 23.8 Å². The molecule has 0 radical (unpaired) electrons. The van der Waals surface area contributed by atoms with E-state index in [2.05, 4.69) is 4.90 Å². The minimum absolute atomic E-state index is 0.0557. The lowest BCUT2D eigenvalue weighted by Crippen LogP contribution is -2.54. The third-order valence-corrected chi connectivity index (χ3v) is 4.99. The van der Waals surface area contributed by atoms with Crippen molar-refractivity contribution in [1.82, 2.24) is 4.90 Å². The molecule has 4 atom stereocenters. The van der Waals surface area contributed by atoms with E-state index in [-0.39, 0.29) is 18.6 Å². The van der Waals surface area contributed by atoms with Crippen LogP contribution < -0.4 is 0 Å². The van der Waals surface area contributed by atoms with Gasteiger partial charge in [0.1, 0.15) is 6.61 Å². The Labute approximate surface area is 131 Å². The highest BCUT2D eigenvalue weighted by Gasteiger charge is 2.47. The number of rotatable bonds is 6. The van der Waals surface area contributed by atoms with Crippen molar-refractivity contribution in [1.29, 1.82) is 0 Å². The van der Waals surface area contributed by atoms with Gasteiger partial charge in [0.05, 0.1) is 18.2 Å². The molecule has 0 amide bonds. The number of carbonyl (C=O) groups excluding carboxylic acids is 1. The first kappa shape index (κ1) is 17.4. The first-order valence-corrected chi connectivity index (χ1v) is 7.85. The minimum atomic E-state index is -1.68. The Hall–Kier alpha value is -0.950. The monoisotopic (exact) mass is 313 g/mol. The highest BCUT2D eigenvalue weighted by atomic mass is 16.6. The molecule has 0 saturated carbocycles. The molecule has 6 heteroatoms. The zero-order valence-corrected chi connectivity index (χ0v) is 13.8. The number of methoxy groups -OCH3 is 1. The second-order valence-electron chi connectivity index (χ2n) is 6.51. The fourth-order valence-electron chi connectivity index (χ4n) is 3.34. The van der Waals surface area contributed by atoms with E-state index in [0.717, 1.165) is 25.1 Å². The molecule has 0 aromatic carbocycles. The lowest BCUT2D eigenvalue weighted by Gasteiger charge is -2.34. The fourth-order valence-corrected chi connectivity index (χ4v) is 3.34. The van der Waals surface area contributed by atoms with Crippen LogP contribution in [0.5, 0.6) is 0 Å². The molecule has 0 aliphatic carbocycles. The Kier molecular flexibility index (Phi) is 5.27. The van der Waals surface area contributed by atoms with Crippen LogP contribution in [0.4, 0.5) is 0 Å². The van der Waals surface area contributed by atoms with Gasteiger partial charge in [0.25, 0.3) is 0 Å². The summed E-state index contributed by atoms with van der Waals surface area (Å²) in [5.41, 5.74) is -0.767. The Morgan fingerprint density at radius 3 is 2.77 bits per heavy atom. The van der Waals surface area contributed by atoms with Crippen LogP contribution in [0, 0.1) is 5.92 Å². The van der Waals surface area contributed by atoms with Crippen molar-refractivity contribution >= 4 is 5.97 Å². The van der Waals surface area contributed by atoms with Gasteiger partial charge in [-0.05, 0) is 24.8 Å². The lowest BCUT2D eigenvalue weighted by atomic mass is 9.85. The molecule has 0 spiro atoms. The molecular weight excluding hydrogens is 286 g/mol. The third-order valence-electron chi connectivity index (χ3n) is 4.99. The molecule has 2 heterocycles. The summed E-state index contributed by atoms with van der Waals surface area (Å²) >= 11 is 0. The first-order chi connectivity index (χ1) is 10.3. The summed E-state index contributed by atoms with van der Waals surface area (Å²) in [5, 5.41) is 20.7. The summed E-state index contributed by atoms with van der Waals surface area (Å²) in [6.07, 6.45) is 1.67. The molecular formula is C16H27NO5. The first-order valence-electron chi connectivity index (χ1n) is 7.85. The second kappa shape index (κ2) is 6.66. The molecule has 22 heavy (non-hydrogen) atoms. The molecule has 6 nitrogen and oxygen atoms in total. The normalized spacial score (nSPS) is 29.1. The van der Waals surface area contributed by atoms with E-state index >= 15 is 0 Å². The average molecular weight is 313 g/mol. The van der Waals surface area contributed by atoms with Crippen LogP contribution in [0.1, 0.15) is 27.2 Å². The summed E-state index contributed by atoms with van der Waals surface area (Å²) in [6.45, 7) is 6.90. The van der Waals surface area contributed by atoms with Gasteiger partial charge in [-0.3, -0.25) is 4.90 Å². The Bertz CT molecular complexity index is 450. The molecule has 2 aliphatic heterocycles. The second-order valence-corrected chi connectivity index (χ2v) is 6.51. The maximum atomic E-state index is 12.4. The summed E-state index contributed by atoms with van der Waals surface area (Å²) in [6, 6.07) is -0.0557. The van der Waals surface area contributed by atoms with Crippen molar-refractivity contribution in [2.75, 3.05) is 26.8 Å². The van der Waals surface area contributed by atoms with E-state index in [4.69, 9.17) is 9.47 Å². The Balaban J connectivity index is 2.00. The third kappa shape index (κ3) is 2.93. The minimum Gasteiger partial charge on any atom is -0.459 e. The van der Waals surface area contributed by atoms with Crippen LogP contribution in [0.2, 0.25) is 0 Å². The van der Waals surface area contributed by atoms with Gasteiger partial charge < -0.3 is 19.7 Å². The lowest BCUT2D eigenvalue weighted by molar-refractivity contribution is -0.186. The van der Waals surface area contributed by atoms with Gasteiger partial charge in [-0.2, -0.15) is 0 Å². The maximum absolute atomic E-state index is 12.4. The highest BCUT2D eigenvalue weighted by Crippen LogP contribution is 2.30. The topological polar surface area (TPSA) is 79.2 Å². The SMILES string of the molecule is CO[C@@H](C)[C@](O)(C(=O)OCC1=CCN2CC[C@H](O)[C@@H]12)C(C)C. The van der Waals surface area contributed by atoms with E-state index in [1.807, 2.05) is 6.08 Å². The van der Waals surface area contributed by atoms with E-state index in [9.17, 15) is 15.0 Å². The number of aliphatic hydroxyl groups excluding tert-OH is 1. The number of esters is 1. The van der Waals surface area contributed by atoms with Crippen molar-refractivity contribution < 1.29 is 24.5 Å². The van der Waals surface area contributed by atoms with E-state index in [0.29, 0.717) is 0 Å². The average Bonchev–Trinajstić information content (AvgIpc) is 3.06. The van der Waals surface area contributed by atoms with Crippen LogP contribution in [0.15, 0.2) is 11.6 Å². The standard InChI is InChI=1S/C16H27NO5/c1-10(2)16(20,11(3)21-4)15(19)22-9-12-5-7-17-8-6-13(18)14(12)17/h5,10-11,13-14,18,20H,6-9H2,1-4H3/t11-,13-,14+,16-/m0/s1. The smallest absolute Gasteiger partial charge is 0.341 e. The van der Waals surface area contributed by atoms with E-state index in [1.54, 1.807) is 20.8 Å². The molecule has 0 aromatic rings. The predicted octanol–water partition coefficient (Wildman–Crippen LogP) is 0.327.